The van der Waals surface area contributed by atoms with Crippen LogP contribution in [-0.4, -0.2) is 72.5 Å². The van der Waals surface area contributed by atoms with Gasteiger partial charge in [-0.05, 0) is 107 Å². The van der Waals surface area contributed by atoms with Gasteiger partial charge in [0.05, 0.1) is 11.0 Å². The van der Waals surface area contributed by atoms with E-state index in [4.69, 9.17) is 9.47 Å². The lowest BCUT2D eigenvalue weighted by atomic mass is 9.94. The molecule has 13 heteroatoms. The summed E-state index contributed by atoms with van der Waals surface area (Å²) in [6.45, 7) is 9.05. The van der Waals surface area contributed by atoms with Gasteiger partial charge in [0.1, 0.15) is 11.4 Å². The van der Waals surface area contributed by atoms with E-state index >= 15 is 8.78 Å². The number of nitrogens with zero attached hydrogens (tertiary/aromatic N) is 2. The van der Waals surface area contributed by atoms with Gasteiger partial charge in [0, 0.05) is 35.2 Å². The highest BCUT2D eigenvalue weighted by molar-refractivity contribution is 9.10. The van der Waals surface area contributed by atoms with E-state index in [2.05, 4.69) is 21.2 Å². The van der Waals surface area contributed by atoms with E-state index in [1.807, 2.05) is 13.8 Å². The van der Waals surface area contributed by atoms with Crippen molar-refractivity contribution >= 4 is 48.7 Å². The predicted octanol–water partition coefficient (Wildman–Crippen LogP) is 7.22. The number of alkyl halides is 2. The van der Waals surface area contributed by atoms with Gasteiger partial charge >= 0.3 is 6.09 Å². The molecule has 2 fully saturated rings. The zero-order valence-electron chi connectivity index (χ0n) is 27.9. The Bertz CT molecular complexity index is 1770. The Balaban J connectivity index is 1.48. The summed E-state index contributed by atoms with van der Waals surface area (Å²) in [7, 11) is -3.57. The van der Waals surface area contributed by atoms with Gasteiger partial charge in [-0.3, -0.25) is 4.79 Å². The van der Waals surface area contributed by atoms with Crippen LogP contribution >= 0.6 is 15.9 Å². The van der Waals surface area contributed by atoms with E-state index in [1.54, 1.807) is 45.0 Å². The zero-order chi connectivity index (χ0) is 35.2. The van der Waals surface area contributed by atoms with Gasteiger partial charge in [-0.15, -0.1) is 0 Å². The molecule has 2 saturated heterocycles. The van der Waals surface area contributed by atoms with Crippen molar-refractivity contribution < 1.29 is 36.3 Å². The second kappa shape index (κ2) is 13.5. The fourth-order valence-electron chi connectivity index (χ4n) is 6.65. The minimum absolute atomic E-state index is 0.0557. The largest absolute Gasteiger partial charge is 0.491 e. The van der Waals surface area contributed by atoms with Crippen LogP contribution in [0.3, 0.4) is 0 Å². The fourth-order valence-corrected chi connectivity index (χ4v) is 8.26. The molecule has 2 aliphatic heterocycles. The third-order valence-electron chi connectivity index (χ3n) is 8.71. The average molecular weight is 751 g/mol. The molecule has 1 N–H and O–H groups in total. The number of hydrogen-bond donors (Lipinski definition) is 1. The fraction of sp³-hybridized carbons (Fsp3) is 0.486. The number of fused-ring (bicyclic) bond motifs is 3. The maximum atomic E-state index is 16.7. The first-order valence-electron chi connectivity index (χ1n) is 16.0. The molecule has 3 aromatic rings. The molecule has 5 rings (SSSR count). The van der Waals surface area contributed by atoms with E-state index in [9.17, 15) is 18.0 Å². The van der Waals surface area contributed by atoms with Crippen LogP contribution in [0.15, 0.2) is 70.0 Å². The predicted molar refractivity (Wildman–Crippen MR) is 183 cm³/mol. The standard InChI is InChI=1S/C35H42BrF2N3O6S/c1-21(2)46-29-15-7-23-18-30(16-8-22(23)17-29)48(44,45)40(6)31(35(37,38)24-9-11-25(36)12-10-24)32(42)41-27-13-14-28(41)20-26(19-27)39-33(43)47-34(3,4)5/h7-12,15-18,21,26-28,31H,13-14,19-20H2,1-6H3,(H,39,43). The Morgan fingerprint density at radius 2 is 1.54 bits per heavy atom. The van der Waals surface area contributed by atoms with Crippen molar-refractivity contribution in [3.05, 3.63) is 70.7 Å². The van der Waals surface area contributed by atoms with Crippen molar-refractivity contribution in [1.29, 1.82) is 0 Å². The average Bonchev–Trinajstić information content (AvgIpc) is 3.25. The topological polar surface area (TPSA) is 105 Å². The van der Waals surface area contributed by atoms with Crippen LogP contribution in [0.25, 0.3) is 10.8 Å². The molecule has 0 aliphatic carbocycles. The van der Waals surface area contributed by atoms with Gasteiger partial charge in [0.25, 0.3) is 5.92 Å². The van der Waals surface area contributed by atoms with E-state index in [1.165, 1.54) is 41.3 Å². The maximum absolute atomic E-state index is 16.7. The Hall–Kier alpha value is -3.29. The van der Waals surface area contributed by atoms with Gasteiger partial charge in [-0.1, -0.05) is 40.2 Å². The Kier molecular flexibility index (Phi) is 10.2. The molecule has 2 bridgehead atoms. The third-order valence-corrected chi connectivity index (χ3v) is 11.1. The summed E-state index contributed by atoms with van der Waals surface area (Å²) in [5.41, 5.74) is -1.19. The van der Waals surface area contributed by atoms with E-state index in [0.29, 0.717) is 51.0 Å². The summed E-state index contributed by atoms with van der Waals surface area (Å²) in [6, 6.07) is 11.2. The molecule has 0 saturated carbocycles. The third kappa shape index (κ3) is 7.63. The minimum Gasteiger partial charge on any atom is -0.491 e. The lowest BCUT2D eigenvalue weighted by Crippen LogP contribution is -2.61. The molecule has 3 aromatic carbocycles. The van der Waals surface area contributed by atoms with Crippen molar-refractivity contribution in [3.8, 4) is 5.75 Å². The molecule has 2 amide bonds. The number of ether oxygens (including phenoxy) is 2. The molecular formula is C35H42BrF2N3O6S. The number of carbonyl (C=O) groups excluding carboxylic acids is 2. The number of likely N-dealkylation sites (N-methyl/N-ethyl adjacent to an activating group) is 1. The summed E-state index contributed by atoms with van der Waals surface area (Å²) < 4.78 is 73.9. The monoisotopic (exact) mass is 749 g/mol. The van der Waals surface area contributed by atoms with Gasteiger partial charge in [-0.25, -0.2) is 13.2 Å². The number of benzene rings is 3. The highest BCUT2D eigenvalue weighted by Crippen LogP contribution is 2.42. The molecule has 2 heterocycles. The number of halogens is 3. The van der Waals surface area contributed by atoms with Crippen LogP contribution < -0.4 is 10.1 Å². The van der Waals surface area contributed by atoms with Crippen LogP contribution in [0, 0.1) is 0 Å². The first-order chi connectivity index (χ1) is 22.4. The van der Waals surface area contributed by atoms with Gasteiger partial charge < -0.3 is 19.7 Å². The number of piperidine rings is 1. The summed E-state index contributed by atoms with van der Waals surface area (Å²) in [5.74, 6) is -4.26. The van der Waals surface area contributed by atoms with Crippen LogP contribution in [0.2, 0.25) is 0 Å². The summed E-state index contributed by atoms with van der Waals surface area (Å²) in [6.07, 6.45) is 1.12. The molecule has 3 unspecified atom stereocenters. The molecule has 0 radical (unpaired) electrons. The van der Waals surface area contributed by atoms with Crippen LogP contribution in [0.1, 0.15) is 65.9 Å². The Morgan fingerprint density at radius 3 is 2.12 bits per heavy atom. The minimum atomic E-state index is -4.61. The van der Waals surface area contributed by atoms with Gasteiger partial charge in [0.15, 0.2) is 6.04 Å². The molecule has 0 aromatic heterocycles. The van der Waals surface area contributed by atoms with Gasteiger partial charge in [-0.2, -0.15) is 13.1 Å². The Labute approximate surface area is 289 Å². The normalized spacial score (nSPS) is 20.6. The second-order valence-electron chi connectivity index (χ2n) is 13.8. The number of carbonyl (C=O) groups is 2. The summed E-state index contributed by atoms with van der Waals surface area (Å²) in [5, 5.41) is 4.14. The zero-order valence-corrected chi connectivity index (χ0v) is 30.3. The molecule has 2 aliphatic rings. The molecular weight excluding hydrogens is 708 g/mol. The van der Waals surface area contributed by atoms with Crippen molar-refractivity contribution in [2.24, 2.45) is 0 Å². The molecule has 9 nitrogen and oxygen atoms in total. The quantitative estimate of drug-likeness (QED) is 0.248. The Morgan fingerprint density at radius 1 is 0.958 bits per heavy atom. The maximum Gasteiger partial charge on any atom is 0.407 e. The SMILES string of the molecule is CC(C)Oc1ccc2cc(S(=O)(=O)N(C)C(C(=O)N3C4CCC3CC(NC(=O)OC(C)(C)C)C4)C(F)(F)c3ccc(Br)cc3)ccc2c1. The van der Waals surface area contributed by atoms with Gasteiger partial charge in [0.2, 0.25) is 15.9 Å². The van der Waals surface area contributed by atoms with Crippen LogP contribution in [0.5, 0.6) is 5.75 Å². The lowest BCUT2D eigenvalue weighted by molar-refractivity contribution is -0.155. The van der Waals surface area contributed by atoms with Crippen molar-refractivity contribution in [1.82, 2.24) is 14.5 Å². The highest BCUT2D eigenvalue weighted by atomic mass is 79.9. The smallest absolute Gasteiger partial charge is 0.407 e. The summed E-state index contributed by atoms with van der Waals surface area (Å²) in [4.78, 5) is 28.1. The lowest BCUT2D eigenvalue weighted by Gasteiger charge is -2.43. The van der Waals surface area contributed by atoms with Crippen molar-refractivity contribution in [2.75, 3.05) is 7.05 Å². The van der Waals surface area contributed by atoms with Crippen molar-refractivity contribution in [3.63, 3.8) is 0 Å². The molecule has 0 spiro atoms. The van der Waals surface area contributed by atoms with E-state index in [-0.39, 0.29) is 17.0 Å². The summed E-state index contributed by atoms with van der Waals surface area (Å²) >= 11 is 3.26. The van der Waals surface area contributed by atoms with E-state index < -0.39 is 57.2 Å². The number of hydrogen-bond acceptors (Lipinski definition) is 6. The number of amides is 2. The van der Waals surface area contributed by atoms with Crippen LogP contribution in [-0.2, 0) is 25.5 Å². The van der Waals surface area contributed by atoms with Crippen molar-refractivity contribution in [2.45, 2.75) is 107 Å². The molecule has 48 heavy (non-hydrogen) atoms. The number of nitrogens with one attached hydrogen (secondary N) is 1. The number of sulfonamides is 1. The molecule has 260 valence electrons. The number of rotatable bonds is 9. The highest BCUT2D eigenvalue weighted by Gasteiger charge is 2.56. The number of alkyl carbamates (subject to hydrolysis) is 1. The first-order valence-corrected chi connectivity index (χ1v) is 18.2. The second-order valence-corrected chi connectivity index (χ2v) is 16.7. The first kappa shape index (κ1) is 36.0. The molecule has 3 atom stereocenters. The van der Waals surface area contributed by atoms with Crippen LogP contribution in [0.4, 0.5) is 13.6 Å². The van der Waals surface area contributed by atoms with E-state index in [0.717, 1.165) is 7.05 Å².